The standard InChI is InChI=1S/C15H31N3O2/c1-2-3-4-5-6-7-8-12-15(19)17-13-10-9-11-14(16)18-20/h20H,2-13H2,1H3,(H2,16,18)(H,17,19). The Morgan fingerprint density at radius 2 is 1.60 bits per heavy atom. The predicted octanol–water partition coefficient (Wildman–Crippen LogP) is 3.16. The van der Waals surface area contributed by atoms with E-state index in [4.69, 9.17) is 10.9 Å². The van der Waals surface area contributed by atoms with Crippen molar-refractivity contribution in [2.24, 2.45) is 10.9 Å². The van der Waals surface area contributed by atoms with Gasteiger partial charge in [-0.05, 0) is 19.3 Å². The Labute approximate surface area is 123 Å². The molecular formula is C15H31N3O2. The molecule has 0 spiro atoms. The monoisotopic (exact) mass is 285 g/mol. The van der Waals surface area contributed by atoms with E-state index in [0.717, 1.165) is 25.7 Å². The molecule has 118 valence electrons. The third kappa shape index (κ3) is 13.2. The van der Waals surface area contributed by atoms with Gasteiger partial charge in [0.15, 0.2) is 0 Å². The second-order valence-corrected chi connectivity index (χ2v) is 5.27. The van der Waals surface area contributed by atoms with Crippen LogP contribution in [0.4, 0.5) is 0 Å². The SMILES string of the molecule is CCCCCCCCCC(=O)NCCCCC(N)=NO. The zero-order valence-corrected chi connectivity index (χ0v) is 12.9. The van der Waals surface area contributed by atoms with Crippen LogP contribution < -0.4 is 11.1 Å². The summed E-state index contributed by atoms with van der Waals surface area (Å²) in [4.78, 5) is 11.5. The number of unbranched alkanes of at least 4 members (excludes halogenated alkanes) is 7. The van der Waals surface area contributed by atoms with E-state index in [1.165, 1.54) is 32.1 Å². The van der Waals surface area contributed by atoms with Gasteiger partial charge in [-0.25, -0.2) is 0 Å². The number of rotatable bonds is 13. The lowest BCUT2D eigenvalue weighted by atomic mass is 10.1. The lowest BCUT2D eigenvalue weighted by molar-refractivity contribution is -0.121. The van der Waals surface area contributed by atoms with E-state index in [9.17, 15) is 4.79 Å². The Balaban J connectivity index is 3.25. The fourth-order valence-corrected chi connectivity index (χ4v) is 2.04. The van der Waals surface area contributed by atoms with E-state index in [1.807, 2.05) is 0 Å². The van der Waals surface area contributed by atoms with Crippen molar-refractivity contribution < 1.29 is 10.0 Å². The van der Waals surface area contributed by atoms with Crippen molar-refractivity contribution in [3.63, 3.8) is 0 Å². The highest BCUT2D eigenvalue weighted by atomic mass is 16.4. The maximum absolute atomic E-state index is 11.5. The number of nitrogens with zero attached hydrogens (tertiary/aromatic N) is 1. The maximum Gasteiger partial charge on any atom is 0.219 e. The maximum atomic E-state index is 11.5. The van der Waals surface area contributed by atoms with Gasteiger partial charge < -0.3 is 16.3 Å². The van der Waals surface area contributed by atoms with Gasteiger partial charge in [0.05, 0.1) is 0 Å². The molecule has 0 rings (SSSR count). The van der Waals surface area contributed by atoms with E-state index >= 15 is 0 Å². The largest absolute Gasteiger partial charge is 0.409 e. The number of hydrogen-bond acceptors (Lipinski definition) is 3. The van der Waals surface area contributed by atoms with Crippen molar-refractivity contribution in [2.45, 2.75) is 77.6 Å². The van der Waals surface area contributed by atoms with Crippen molar-refractivity contribution in [1.82, 2.24) is 5.32 Å². The molecule has 0 radical (unpaired) electrons. The summed E-state index contributed by atoms with van der Waals surface area (Å²) in [7, 11) is 0. The first-order valence-electron chi connectivity index (χ1n) is 7.93. The first kappa shape index (κ1) is 18.7. The summed E-state index contributed by atoms with van der Waals surface area (Å²) in [5, 5.41) is 14.2. The minimum atomic E-state index is 0.141. The van der Waals surface area contributed by atoms with Crippen molar-refractivity contribution in [1.29, 1.82) is 0 Å². The normalized spacial score (nSPS) is 11.6. The molecule has 0 atom stereocenters. The first-order valence-corrected chi connectivity index (χ1v) is 7.93. The Morgan fingerprint density at radius 3 is 2.25 bits per heavy atom. The number of oxime groups is 1. The molecule has 1 amide bonds. The fraction of sp³-hybridized carbons (Fsp3) is 0.867. The van der Waals surface area contributed by atoms with Crippen LogP contribution in [0, 0.1) is 0 Å². The van der Waals surface area contributed by atoms with Gasteiger partial charge in [0.1, 0.15) is 5.84 Å². The zero-order chi connectivity index (χ0) is 15.1. The van der Waals surface area contributed by atoms with Crippen LogP contribution in [0.25, 0.3) is 0 Å². The molecule has 5 heteroatoms. The molecule has 0 aliphatic carbocycles. The molecule has 0 aromatic heterocycles. The molecule has 0 fully saturated rings. The van der Waals surface area contributed by atoms with Crippen molar-refractivity contribution in [2.75, 3.05) is 6.54 Å². The summed E-state index contributed by atoms with van der Waals surface area (Å²) in [6.45, 7) is 2.89. The molecule has 5 nitrogen and oxygen atoms in total. The van der Waals surface area contributed by atoms with Gasteiger partial charge >= 0.3 is 0 Å². The zero-order valence-electron chi connectivity index (χ0n) is 12.9. The van der Waals surface area contributed by atoms with Gasteiger partial charge in [0.2, 0.25) is 5.91 Å². The number of amides is 1. The average Bonchev–Trinajstić information content (AvgIpc) is 2.45. The quantitative estimate of drug-likeness (QED) is 0.160. The van der Waals surface area contributed by atoms with Gasteiger partial charge in [-0.2, -0.15) is 0 Å². The number of nitrogens with two attached hydrogens (primary N) is 1. The Hall–Kier alpha value is -1.26. The molecule has 0 aliphatic rings. The number of carbonyl (C=O) groups is 1. The fourth-order valence-electron chi connectivity index (χ4n) is 2.04. The summed E-state index contributed by atoms with van der Waals surface area (Å²) in [6, 6.07) is 0. The minimum Gasteiger partial charge on any atom is -0.409 e. The van der Waals surface area contributed by atoms with Crippen LogP contribution in [-0.2, 0) is 4.79 Å². The molecule has 0 aromatic carbocycles. The highest BCUT2D eigenvalue weighted by molar-refractivity contribution is 5.79. The molecule has 0 saturated heterocycles. The summed E-state index contributed by atoms with van der Waals surface area (Å²) < 4.78 is 0. The lowest BCUT2D eigenvalue weighted by Crippen LogP contribution is -2.24. The van der Waals surface area contributed by atoms with Crippen LogP contribution in [0.3, 0.4) is 0 Å². The van der Waals surface area contributed by atoms with Gasteiger partial charge in [0.25, 0.3) is 0 Å². The third-order valence-corrected chi connectivity index (χ3v) is 3.32. The molecule has 0 bridgehead atoms. The molecule has 0 saturated carbocycles. The van der Waals surface area contributed by atoms with Crippen molar-refractivity contribution in [3.05, 3.63) is 0 Å². The second kappa shape index (κ2) is 14.2. The Bertz CT molecular complexity index is 268. The van der Waals surface area contributed by atoms with Gasteiger partial charge in [-0.15, -0.1) is 0 Å². The topological polar surface area (TPSA) is 87.7 Å². The van der Waals surface area contributed by atoms with Crippen LogP contribution in [0.2, 0.25) is 0 Å². The minimum absolute atomic E-state index is 0.141. The lowest BCUT2D eigenvalue weighted by Gasteiger charge is -2.05. The van der Waals surface area contributed by atoms with Crippen LogP contribution in [0.5, 0.6) is 0 Å². The molecule has 0 heterocycles. The van der Waals surface area contributed by atoms with E-state index in [2.05, 4.69) is 17.4 Å². The number of amidine groups is 1. The third-order valence-electron chi connectivity index (χ3n) is 3.32. The Morgan fingerprint density at radius 1 is 1.00 bits per heavy atom. The Kier molecular flexibility index (Phi) is 13.3. The highest BCUT2D eigenvalue weighted by Gasteiger charge is 2.00. The highest BCUT2D eigenvalue weighted by Crippen LogP contribution is 2.08. The number of carbonyl (C=O) groups excluding carboxylic acids is 1. The molecule has 0 aromatic rings. The average molecular weight is 285 g/mol. The second-order valence-electron chi connectivity index (χ2n) is 5.27. The summed E-state index contributed by atoms with van der Waals surface area (Å²) in [5.74, 6) is 0.391. The van der Waals surface area contributed by atoms with Crippen molar-refractivity contribution >= 4 is 11.7 Å². The molecule has 20 heavy (non-hydrogen) atoms. The molecule has 4 N–H and O–H groups in total. The van der Waals surface area contributed by atoms with Gasteiger partial charge in [-0.1, -0.05) is 50.6 Å². The summed E-state index contributed by atoms with van der Waals surface area (Å²) >= 11 is 0. The van der Waals surface area contributed by atoms with E-state index in [1.54, 1.807) is 0 Å². The van der Waals surface area contributed by atoms with Gasteiger partial charge in [0, 0.05) is 19.4 Å². The van der Waals surface area contributed by atoms with E-state index < -0.39 is 0 Å². The van der Waals surface area contributed by atoms with E-state index in [0.29, 0.717) is 19.4 Å². The van der Waals surface area contributed by atoms with Crippen LogP contribution >= 0.6 is 0 Å². The molecular weight excluding hydrogens is 254 g/mol. The van der Waals surface area contributed by atoms with Crippen LogP contribution in [0.15, 0.2) is 5.16 Å². The predicted molar refractivity (Wildman–Crippen MR) is 82.9 cm³/mol. The van der Waals surface area contributed by atoms with Gasteiger partial charge in [-0.3, -0.25) is 4.79 Å². The van der Waals surface area contributed by atoms with Crippen LogP contribution in [-0.4, -0.2) is 23.5 Å². The van der Waals surface area contributed by atoms with Crippen LogP contribution in [0.1, 0.15) is 77.6 Å². The van der Waals surface area contributed by atoms with E-state index in [-0.39, 0.29) is 11.7 Å². The number of nitrogens with one attached hydrogen (secondary N) is 1. The molecule has 0 unspecified atom stereocenters. The smallest absolute Gasteiger partial charge is 0.219 e. The number of hydrogen-bond donors (Lipinski definition) is 3. The van der Waals surface area contributed by atoms with Crippen molar-refractivity contribution in [3.8, 4) is 0 Å². The molecule has 0 aliphatic heterocycles. The summed E-state index contributed by atoms with van der Waals surface area (Å²) in [5.41, 5.74) is 5.35. The first-order chi connectivity index (χ1) is 9.70. The summed E-state index contributed by atoms with van der Waals surface area (Å²) in [6.07, 6.45) is 11.5.